The van der Waals surface area contributed by atoms with E-state index in [1.54, 1.807) is 11.7 Å². The van der Waals surface area contributed by atoms with Gasteiger partial charge >= 0.3 is 0 Å². The number of nitrogens with one attached hydrogen (secondary N) is 1. The predicted molar refractivity (Wildman–Crippen MR) is 80.0 cm³/mol. The molecule has 0 spiro atoms. The van der Waals surface area contributed by atoms with Gasteiger partial charge in [-0.25, -0.2) is 14.2 Å². The highest BCUT2D eigenvalue weighted by Crippen LogP contribution is 2.27. The van der Waals surface area contributed by atoms with Crippen LogP contribution in [-0.2, 0) is 7.05 Å². The van der Waals surface area contributed by atoms with Crippen LogP contribution in [0.1, 0.15) is 0 Å². The van der Waals surface area contributed by atoms with Crippen LogP contribution in [0.5, 0.6) is 0 Å². The summed E-state index contributed by atoms with van der Waals surface area (Å²) in [5.41, 5.74) is 5.03. The SMILES string of the molecule is CNc1ncc2c(-c3ccc4nnn(C)c4c3)ccn2n1. The van der Waals surface area contributed by atoms with Gasteiger partial charge in [-0.3, -0.25) is 0 Å². The lowest BCUT2D eigenvalue weighted by atomic mass is 10.1. The van der Waals surface area contributed by atoms with Crippen molar-refractivity contribution in [3.05, 3.63) is 36.7 Å². The van der Waals surface area contributed by atoms with Crippen molar-refractivity contribution in [1.29, 1.82) is 0 Å². The van der Waals surface area contributed by atoms with Crippen LogP contribution in [0.15, 0.2) is 36.7 Å². The summed E-state index contributed by atoms with van der Waals surface area (Å²) < 4.78 is 3.59. The molecule has 0 atom stereocenters. The van der Waals surface area contributed by atoms with E-state index in [1.165, 1.54) is 0 Å². The first-order valence-corrected chi connectivity index (χ1v) is 6.58. The van der Waals surface area contributed by atoms with Crippen LogP contribution in [-0.4, -0.2) is 36.6 Å². The Bertz CT molecular complexity index is 950. The van der Waals surface area contributed by atoms with Crippen molar-refractivity contribution in [1.82, 2.24) is 29.6 Å². The predicted octanol–water partition coefficient (Wildman–Crippen LogP) is 1.72. The van der Waals surface area contributed by atoms with Crippen LogP contribution in [0.2, 0.25) is 0 Å². The molecule has 0 bridgehead atoms. The first-order valence-electron chi connectivity index (χ1n) is 6.58. The molecule has 104 valence electrons. The highest BCUT2D eigenvalue weighted by Gasteiger charge is 2.09. The van der Waals surface area contributed by atoms with E-state index in [2.05, 4.69) is 31.8 Å². The van der Waals surface area contributed by atoms with E-state index in [-0.39, 0.29) is 0 Å². The second-order valence-electron chi connectivity index (χ2n) is 4.81. The van der Waals surface area contributed by atoms with Crippen LogP contribution in [0, 0.1) is 0 Å². The summed E-state index contributed by atoms with van der Waals surface area (Å²) in [7, 11) is 3.69. The first kappa shape index (κ1) is 11.8. The molecule has 4 aromatic rings. The molecule has 7 nitrogen and oxygen atoms in total. The number of hydrogen-bond donors (Lipinski definition) is 1. The maximum atomic E-state index is 4.37. The van der Waals surface area contributed by atoms with Gasteiger partial charge < -0.3 is 5.32 Å². The minimum atomic E-state index is 0.593. The zero-order valence-electron chi connectivity index (χ0n) is 11.6. The Morgan fingerprint density at radius 2 is 2.05 bits per heavy atom. The zero-order chi connectivity index (χ0) is 14.4. The van der Waals surface area contributed by atoms with Gasteiger partial charge in [-0.05, 0) is 23.8 Å². The van der Waals surface area contributed by atoms with Crippen molar-refractivity contribution in [2.24, 2.45) is 7.05 Å². The number of rotatable bonds is 2. The van der Waals surface area contributed by atoms with Crippen molar-refractivity contribution in [3.63, 3.8) is 0 Å². The van der Waals surface area contributed by atoms with Crippen molar-refractivity contribution >= 4 is 22.5 Å². The molecule has 0 unspecified atom stereocenters. The maximum absolute atomic E-state index is 4.37. The normalized spacial score (nSPS) is 11.3. The third-order valence-corrected chi connectivity index (χ3v) is 3.56. The molecule has 3 aromatic heterocycles. The molecule has 0 radical (unpaired) electrons. The van der Waals surface area contributed by atoms with Gasteiger partial charge in [0.1, 0.15) is 5.52 Å². The summed E-state index contributed by atoms with van der Waals surface area (Å²) >= 11 is 0. The second-order valence-corrected chi connectivity index (χ2v) is 4.81. The summed E-state index contributed by atoms with van der Waals surface area (Å²) in [6.45, 7) is 0. The zero-order valence-corrected chi connectivity index (χ0v) is 11.6. The van der Waals surface area contributed by atoms with E-state index < -0.39 is 0 Å². The lowest BCUT2D eigenvalue weighted by Crippen LogP contribution is -2.00. The average Bonchev–Trinajstić information content (AvgIpc) is 3.10. The molecule has 0 fully saturated rings. The standard InChI is InChI=1S/C14H13N7/c1-15-14-16-8-13-10(5-6-21(13)18-14)9-3-4-11-12(7-9)20(2)19-17-11/h3-8H,1-2H3,(H,15,18). The Morgan fingerprint density at radius 3 is 2.90 bits per heavy atom. The van der Waals surface area contributed by atoms with Crippen molar-refractivity contribution < 1.29 is 0 Å². The smallest absolute Gasteiger partial charge is 0.240 e. The molecule has 0 aliphatic heterocycles. The molecule has 4 rings (SSSR count). The minimum Gasteiger partial charge on any atom is -0.356 e. The van der Waals surface area contributed by atoms with Gasteiger partial charge in [0, 0.05) is 25.9 Å². The molecule has 0 aliphatic rings. The highest BCUT2D eigenvalue weighted by atomic mass is 15.4. The monoisotopic (exact) mass is 279 g/mol. The number of benzene rings is 1. The Morgan fingerprint density at radius 1 is 1.14 bits per heavy atom. The van der Waals surface area contributed by atoms with Gasteiger partial charge in [0.05, 0.1) is 17.2 Å². The molecule has 0 amide bonds. The van der Waals surface area contributed by atoms with Crippen LogP contribution < -0.4 is 5.32 Å². The van der Waals surface area contributed by atoms with E-state index in [4.69, 9.17) is 0 Å². The quantitative estimate of drug-likeness (QED) is 0.605. The molecule has 21 heavy (non-hydrogen) atoms. The van der Waals surface area contributed by atoms with Gasteiger partial charge in [0.15, 0.2) is 0 Å². The third kappa shape index (κ3) is 1.74. The average molecular weight is 279 g/mol. The molecule has 1 aromatic carbocycles. The molecule has 0 aliphatic carbocycles. The van der Waals surface area contributed by atoms with E-state index in [0.29, 0.717) is 5.95 Å². The Kier molecular flexibility index (Phi) is 2.41. The fourth-order valence-corrected chi connectivity index (χ4v) is 2.46. The van der Waals surface area contributed by atoms with Gasteiger partial charge in [0.25, 0.3) is 0 Å². The molecule has 0 saturated heterocycles. The van der Waals surface area contributed by atoms with Gasteiger partial charge in [-0.15, -0.1) is 10.2 Å². The Balaban J connectivity index is 1.93. The minimum absolute atomic E-state index is 0.593. The number of anilines is 1. The summed E-state index contributed by atoms with van der Waals surface area (Å²) in [6.07, 6.45) is 3.75. The van der Waals surface area contributed by atoms with Crippen molar-refractivity contribution in [3.8, 4) is 11.1 Å². The third-order valence-electron chi connectivity index (χ3n) is 3.56. The number of nitrogens with zero attached hydrogens (tertiary/aromatic N) is 6. The molecular formula is C14H13N7. The molecule has 1 N–H and O–H groups in total. The second kappa shape index (κ2) is 4.27. The molecular weight excluding hydrogens is 266 g/mol. The van der Waals surface area contributed by atoms with Crippen molar-refractivity contribution in [2.75, 3.05) is 12.4 Å². The maximum Gasteiger partial charge on any atom is 0.240 e. The number of hydrogen-bond acceptors (Lipinski definition) is 5. The first-order chi connectivity index (χ1) is 10.3. The molecule has 0 saturated carbocycles. The summed E-state index contributed by atoms with van der Waals surface area (Å²) in [5, 5.41) is 15.4. The van der Waals surface area contributed by atoms with Crippen molar-refractivity contribution in [2.45, 2.75) is 0 Å². The molecule has 3 heterocycles. The van der Waals surface area contributed by atoms with E-state index in [1.807, 2.05) is 42.2 Å². The summed E-state index contributed by atoms with van der Waals surface area (Å²) in [4.78, 5) is 4.28. The van der Waals surface area contributed by atoms with Crippen LogP contribution >= 0.6 is 0 Å². The number of aromatic nitrogens is 6. The lowest BCUT2D eigenvalue weighted by molar-refractivity contribution is 0.736. The largest absolute Gasteiger partial charge is 0.356 e. The fraction of sp³-hybridized carbons (Fsp3) is 0.143. The number of fused-ring (bicyclic) bond motifs is 2. The van der Waals surface area contributed by atoms with Gasteiger partial charge in [0.2, 0.25) is 5.95 Å². The topological polar surface area (TPSA) is 72.9 Å². The Hall–Kier alpha value is -2.96. The summed E-state index contributed by atoms with van der Waals surface area (Å²) in [6, 6.07) is 8.13. The Labute approximate surface area is 120 Å². The highest BCUT2D eigenvalue weighted by molar-refractivity contribution is 5.87. The summed E-state index contributed by atoms with van der Waals surface area (Å²) in [5.74, 6) is 0.593. The van der Waals surface area contributed by atoms with E-state index >= 15 is 0 Å². The van der Waals surface area contributed by atoms with E-state index in [9.17, 15) is 0 Å². The van der Waals surface area contributed by atoms with Gasteiger partial charge in [-0.1, -0.05) is 11.3 Å². The number of aryl methyl sites for hydroxylation is 1. The molecule has 7 heteroatoms. The van der Waals surface area contributed by atoms with E-state index in [0.717, 1.165) is 27.7 Å². The van der Waals surface area contributed by atoms with Crippen LogP contribution in [0.25, 0.3) is 27.7 Å². The van der Waals surface area contributed by atoms with Crippen LogP contribution in [0.3, 0.4) is 0 Å². The van der Waals surface area contributed by atoms with Gasteiger partial charge in [-0.2, -0.15) is 0 Å². The van der Waals surface area contributed by atoms with Crippen LogP contribution in [0.4, 0.5) is 5.95 Å². The fourth-order valence-electron chi connectivity index (χ4n) is 2.46. The lowest BCUT2D eigenvalue weighted by Gasteiger charge is -2.02.